The maximum absolute atomic E-state index is 11.6. The Bertz CT molecular complexity index is 1440. The molecule has 36 heavy (non-hydrogen) atoms. The Labute approximate surface area is 205 Å². The Kier molecular flexibility index (Phi) is 5.79. The molecule has 0 atom stereocenters. The number of amides is 2. The molecule has 2 heterocycles. The van der Waals surface area contributed by atoms with Gasteiger partial charge in [-0.25, -0.2) is 19.3 Å². The number of fused-ring (bicyclic) bond motifs is 1. The van der Waals surface area contributed by atoms with Crippen LogP contribution in [-0.4, -0.2) is 37.2 Å². The van der Waals surface area contributed by atoms with Gasteiger partial charge < -0.3 is 10.2 Å². The van der Waals surface area contributed by atoms with Crippen LogP contribution in [0.15, 0.2) is 103 Å². The number of anilines is 2. The van der Waals surface area contributed by atoms with Crippen LogP contribution in [0.1, 0.15) is 16.7 Å². The van der Waals surface area contributed by atoms with E-state index in [-0.39, 0.29) is 11.6 Å². The molecule has 2 amide bonds. The van der Waals surface area contributed by atoms with Crippen molar-refractivity contribution in [1.29, 1.82) is 0 Å². The fourth-order valence-corrected chi connectivity index (χ4v) is 4.54. The summed E-state index contributed by atoms with van der Waals surface area (Å²) < 4.78 is 1.72. The summed E-state index contributed by atoms with van der Waals surface area (Å²) in [4.78, 5) is 27.1. The second-order valence-corrected chi connectivity index (χ2v) is 8.02. The summed E-state index contributed by atoms with van der Waals surface area (Å²) in [6, 6.07) is 30.8. The van der Waals surface area contributed by atoms with Gasteiger partial charge in [-0.05, 0) is 16.7 Å². The number of nitrogens with one attached hydrogen (secondary N) is 2. The van der Waals surface area contributed by atoms with Crippen molar-refractivity contribution in [3.05, 3.63) is 120 Å². The van der Waals surface area contributed by atoms with E-state index in [0.29, 0.717) is 10.9 Å². The molecule has 4 N–H and O–H groups in total. The molecule has 0 aliphatic carbocycles. The molecule has 0 radical (unpaired) electrons. The second-order valence-electron chi connectivity index (χ2n) is 8.02. The molecule has 0 bridgehead atoms. The van der Waals surface area contributed by atoms with Crippen LogP contribution in [0, 0.1) is 0 Å². The summed E-state index contributed by atoms with van der Waals surface area (Å²) in [5.41, 5.74) is 2.06. The van der Waals surface area contributed by atoms with Gasteiger partial charge in [0.2, 0.25) is 0 Å². The topological polar surface area (TPSA) is 129 Å². The molecule has 0 saturated carbocycles. The molecular weight excluding hydrogens is 458 g/mol. The van der Waals surface area contributed by atoms with E-state index < -0.39 is 17.7 Å². The lowest BCUT2D eigenvalue weighted by Crippen LogP contribution is -2.38. The Morgan fingerprint density at radius 3 is 1.64 bits per heavy atom. The molecule has 0 saturated heterocycles. The monoisotopic (exact) mass is 479 g/mol. The third-order valence-electron chi connectivity index (χ3n) is 5.92. The highest BCUT2D eigenvalue weighted by atomic mass is 16.4. The van der Waals surface area contributed by atoms with Gasteiger partial charge in [0.15, 0.2) is 5.82 Å². The van der Waals surface area contributed by atoms with Crippen molar-refractivity contribution >= 4 is 34.7 Å². The Hall–Kier alpha value is -5.18. The lowest BCUT2D eigenvalue weighted by molar-refractivity contribution is 0.208. The summed E-state index contributed by atoms with van der Waals surface area (Å²) >= 11 is 0. The predicted octanol–water partition coefficient (Wildman–Crippen LogP) is 5.45. The number of pyridine rings is 1. The summed E-state index contributed by atoms with van der Waals surface area (Å²) in [6.45, 7) is 0. The summed E-state index contributed by atoms with van der Waals surface area (Å²) in [7, 11) is 0. The number of aromatic nitrogens is 3. The number of hydrogen-bond acceptors (Lipinski definition) is 4. The quantitative estimate of drug-likeness (QED) is 0.240. The number of carboxylic acid groups (broad SMARTS) is 2. The van der Waals surface area contributed by atoms with E-state index >= 15 is 0 Å². The van der Waals surface area contributed by atoms with Crippen LogP contribution in [0.25, 0.3) is 10.9 Å². The van der Waals surface area contributed by atoms with Gasteiger partial charge in [-0.1, -0.05) is 91.0 Å². The number of rotatable bonds is 6. The highest BCUT2D eigenvalue weighted by Crippen LogP contribution is 2.43. The number of hydrogen-bond donors (Lipinski definition) is 4. The molecule has 9 heteroatoms. The first kappa shape index (κ1) is 22.6. The fourth-order valence-electron chi connectivity index (χ4n) is 4.54. The maximum Gasteiger partial charge on any atom is 0.410 e. The SMILES string of the molecule is O=C(O)Nc1cc2c(cn1)c(NC(=O)O)nn2C(c1ccccc1)(c1ccccc1)c1ccccc1. The largest absolute Gasteiger partial charge is 0.465 e. The van der Waals surface area contributed by atoms with Crippen molar-refractivity contribution in [2.24, 2.45) is 0 Å². The summed E-state index contributed by atoms with van der Waals surface area (Å²) in [5, 5.41) is 28.6. The molecule has 0 aliphatic heterocycles. The molecule has 9 nitrogen and oxygen atoms in total. The van der Waals surface area contributed by atoms with Crippen molar-refractivity contribution in [2.45, 2.75) is 5.54 Å². The van der Waals surface area contributed by atoms with Crippen LogP contribution in [0.3, 0.4) is 0 Å². The molecule has 5 aromatic rings. The molecule has 0 fully saturated rings. The first-order chi connectivity index (χ1) is 17.5. The average molecular weight is 479 g/mol. The van der Waals surface area contributed by atoms with Gasteiger partial charge in [-0.3, -0.25) is 10.6 Å². The summed E-state index contributed by atoms with van der Waals surface area (Å²) in [5.74, 6) is 0.167. The van der Waals surface area contributed by atoms with E-state index in [2.05, 4.69) is 15.6 Å². The molecule has 0 unspecified atom stereocenters. The van der Waals surface area contributed by atoms with Gasteiger partial charge in [-0.2, -0.15) is 5.10 Å². The Balaban J connectivity index is 1.95. The molecule has 0 spiro atoms. The fraction of sp³-hybridized carbons (Fsp3) is 0.0370. The molecule has 3 aromatic carbocycles. The van der Waals surface area contributed by atoms with E-state index in [1.54, 1.807) is 10.7 Å². The highest BCUT2D eigenvalue weighted by molar-refractivity contribution is 5.98. The van der Waals surface area contributed by atoms with Gasteiger partial charge >= 0.3 is 12.2 Å². The van der Waals surface area contributed by atoms with Crippen molar-refractivity contribution in [2.75, 3.05) is 10.6 Å². The minimum Gasteiger partial charge on any atom is -0.465 e. The van der Waals surface area contributed by atoms with Crippen LogP contribution in [0.4, 0.5) is 21.2 Å². The molecular formula is C27H21N5O4. The van der Waals surface area contributed by atoms with Gasteiger partial charge in [0.25, 0.3) is 0 Å². The average Bonchev–Trinajstić information content (AvgIpc) is 3.23. The maximum atomic E-state index is 11.6. The zero-order chi connectivity index (χ0) is 25.1. The molecule has 5 rings (SSSR count). The highest BCUT2D eigenvalue weighted by Gasteiger charge is 2.41. The number of nitrogens with zero attached hydrogens (tertiary/aromatic N) is 3. The van der Waals surface area contributed by atoms with Crippen LogP contribution < -0.4 is 10.6 Å². The first-order valence-corrected chi connectivity index (χ1v) is 11.1. The van der Waals surface area contributed by atoms with Gasteiger partial charge in [0.1, 0.15) is 11.4 Å². The Morgan fingerprint density at radius 1 is 0.722 bits per heavy atom. The van der Waals surface area contributed by atoms with Crippen molar-refractivity contribution in [3.63, 3.8) is 0 Å². The van der Waals surface area contributed by atoms with Crippen molar-refractivity contribution in [3.8, 4) is 0 Å². The van der Waals surface area contributed by atoms with Gasteiger partial charge in [0.05, 0.1) is 10.9 Å². The predicted molar refractivity (Wildman–Crippen MR) is 135 cm³/mol. The standard InChI is InChI=1S/C27H21N5O4/c33-25(34)29-23-16-22-21(17-28-23)24(30-26(35)36)31-32(22)27(18-10-4-1-5-11-18,19-12-6-2-7-13-19)20-14-8-3-9-15-20/h1-17H,(H,28,29)(H,30,31)(H,33,34)(H,35,36). The van der Waals surface area contributed by atoms with Crippen LogP contribution >= 0.6 is 0 Å². The van der Waals surface area contributed by atoms with E-state index in [4.69, 9.17) is 5.10 Å². The van der Waals surface area contributed by atoms with E-state index in [0.717, 1.165) is 16.7 Å². The third-order valence-corrected chi connectivity index (χ3v) is 5.92. The van der Waals surface area contributed by atoms with E-state index in [9.17, 15) is 19.8 Å². The first-order valence-electron chi connectivity index (χ1n) is 11.1. The zero-order valence-corrected chi connectivity index (χ0v) is 18.9. The number of carbonyl (C=O) groups is 2. The number of benzene rings is 3. The van der Waals surface area contributed by atoms with E-state index in [1.807, 2.05) is 91.0 Å². The lowest BCUT2D eigenvalue weighted by atomic mass is 9.77. The lowest BCUT2D eigenvalue weighted by Gasteiger charge is -2.37. The summed E-state index contributed by atoms with van der Waals surface area (Å²) in [6.07, 6.45) is -1.14. The van der Waals surface area contributed by atoms with Gasteiger partial charge in [-0.15, -0.1) is 0 Å². The zero-order valence-electron chi connectivity index (χ0n) is 18.9. The van der Waals surface area contributed by atoms with E-state index in [1.165, 1.54) is 6.20 Å². The molecule has 2 aromatic heterocycles. The smallest absolute Gasteiger partial charge is 0.410 e. The van der Waals surface area contributed by atoms with Gasteiger partial charge in [0, 0.05) is 12.3 Å². The van der Waals surface area contributed by atoms with Crippen molar-refractivity contribution in [1.82, 2.24) is 14.8 Å². The normalized spacial score (nSPS) is 11.2. The minimum atomic E-state index is -1.28. The van der Waals surface area contributed by atoms with Crippen LogP contribution in [0.5, 0.6) is 0 Å². The molecule has 0 aliphatic rings. The van der Waals surface area contributed by atoms with Crippen LogP contribution in [-0.2, 0) is 5.54 Å². The minimum absolute atomic E-state index is 0.0824. The second kappa shape index (κ2) is 9.22. The Morgan fingerprint density at radius 2 is 1.19 bits per heavy atom. The third kappa shape index (κ3) is 3.88. The molecule has 178 valence electrons. The van der Waals surface area contributed by atoms with Crippen molar-refractivity contribution < 1.29 is 19.8 Å². The van der Waals surface area contributed by atoms with Crippen LogP contribution in [0.2, 0.25) is 0 Å².